The van der Waals surface area contributed by atoms with Gasteiger partial charge in [-0.05, 0) is 48.5 Å². The van der Waals surface area contributed by atoms with Gasteiger partial charge in [-0.1, -0.05) is 28.4 Å². The number of halogens is 2. The summed E-state index contributed by atoms with van der Waals surface area (Å²) in [6, 6.07) is 14.1. The van der Waals surface area contributed by atoms with E-state index >= 15 is 0 Å². The van der Waals surface area contributed by atoms with Gasteiger partial charge in [-0.15, -0.1) is 5.10 Å². The Bertz CT molecular complexity index is 828. The van der Waals surface area contributed by atoms with Crippen molar-refractivity contribution in [2.45, 2.75) is 0 Å². The summed E-state index contributed by atoms with van der Waals surface area (Å²) in [7, 11) is 1.67. The molecule has 0 saturated carbocycles. The fourth-order valence-corrected chi connectivity index (χ4v) is 2.29. The maximum absolute atomic E-state index is 12.5. The Morgan fingerprint density at radius 3 is 2.17 bits per heavy atom. The van der Waals surface area contributed by atoms with Crippen molar-refractivity contribution in [3.63, 3.8) is 0 Å². The molecule has 0 saturated heterocycles. The average molecular weight is 347 g/mol. The molecule has 116 valence electrons. The van der Waals surface area contributed by atoms with Crippen LogP contribution in [0.1, 0.15) is 10.5 Å². The van der Waals surface area contributed by atoms with Gasteiger partial charge in [0.25, 0.3) is 5.91 Å². The van der Waals surface area contributed by atoms with E-state index in [1.54, 1.807) is 61.8 Å². The van der Waals surface area contributed by atoms with Gasteiger partial charge < -0.3 is 4.90 Å². The van der Waals surface area contributed by atoms with E-state index < -0.39 is 0 Å². The second-order valence-electron chi connectivity index (χ2n) is 4.87. The van der Waals surface area contributed by atoms with Crippen LogP contribution in [0.4, 0.5) is 5.69 Å². The summed E-state index contributed by atoms with van der Waals surface area (Å²) in [4.78, 5) is 14.0. The Hall–Kier alpha value is -2.37. The normalized spacial score (nSPS) is 10.6. The van der Waals surface area contributed by atoms with Crippen LogP contribution in [-0.4, -0.2) is 27.9 Å². The maximum Gasteiger partial charge on any atom is 0.280 e. The third kappa shape index (κ3) is 3.36. The Balaban J connectivity index is 1.83. The molecule has 5 nitrogen and oxygen atoms in total. The minimum Gasteiger partial charge on any atom is -0.310 e. The highest BCUT2D eigenvalue weighted by atomic mass is 35.5. The zero-order valence-electron chi connectivity index (χ0n) is 12.1. The van der Waals surface area contributed by atoms with Crippen molar-refractivity contribution >= 4 is 34.8 Å². The van der Waals surface area contributed by atoms with Gasteiger partial charge in [0.2, 0.25) is 0 Å². The summed E-state index contributed by atoms with van der Waals surface area (Å²) in [5.41, 5.74) is 1.74. The lowest BCUT2D eigenvalue weighted by Gasteiger charge is -2.15. The van der Waals surface area contributed by atoms with Crippen LogP contribution in [0.3, 0.4) is 0 Å². The minimum absolute atomic E-state index is 0.248. The lowest BCUT2D eigenvalue weighted by atomic mass is 10.3. The summed E-state index contributed by atoms with van der Waals surface area (Å²) in [5, 5.41) is 9.17. The number of hydrogen-bond acceptors (Lipinski definition) is 3. The summed E-state index contributed by atoms with van der Waals surface area (Å²) in [6.07, 6.45) is 1.58. The van der Waals surface area contributed by atoms with Gasteiger partial charge in [-0.3, -0.25) is 4.79 Å². The number of carbonyl (C=O) groups is 1. The average Bonchev–Trinajstić information content (AvgIpc) is 3.05. The van der Waals surface area contributed by atoms with Crippen LogP contribution >= 0.6 is 23.2 Å². The van der Waals surface area contributed by atoms with Gasteiger partial charge >= 0.3 is 0 Å². The third-order valence-electron chi connectivity index (χ3n) is 3.32. The molecular formula is C16H12Cl2N4O. The van der Waals surface area contributed by atoms with Gasteiger partial charge in [-0.25, -0.2) is 4.68 Å². The van der Waals surface area contributed by atoms with Gasteiger partial charge in [0, 0.05) is 22.8 Å². The van der Waals surface area contributed by atoms with E-state index in [0.717, 1.165) is 11.4 Å². The van der Waals surface area contributed by atoms with Crippen molar-refractivity contribution < 1.29 is 4.79 Å². The van der Waals surface area contributed by atoms with Gasteiger partial charge in [0.15, 0.2) is 5.69 Å². The molecule has 1 heterocycles. The first-order chi connectivity index (χ1) is 11.0. The van der Waals surface area contributed by atoms with E-state index in [1.165, 1.54) is 9.58 Å². The Morgan fingerprint density at radius 1 is 1.00 bits per heavy atom. The SMILES string of the molecule is CN(C(=O)c1cn(-c2ccc(Cl)cc2)nn1)c1ccc(Cl)cc1. The lowest BCUT2D eigenvalue weighted by Crippen LogP contribution is -2.26. The Kier molecular flexibility index (Phi) is 4.32. The molecule has 1 aromatic heterocycles. The summed E-state index contributed by atoms with van der Waals surface area (Å²) >= 11 is 11.7. The predicted octanol–water partition coefficient (Wildman–Crippen LogP) is 3.85. The molecule has 0 unspecified atom stereocenters. The van der Waals surface area contributed by atoms with Crippen molar-refractivity contribution in [2.24, 2.45) is 0 Å². The molecule has 0 aliphatic heterocycles. The Labute approximate surface area is 143 Å². The molecule has 0 fully saturated rings. The van der Waals surface area contributed by atoms with E-state index in [1.807, 2.05) is 0 Å². The fourth-order valence-electron chi connectivity index (χ4n) is 2.04. The van der Waals surface area contributed by atoms with E-state index in [-0.39, 0.29) is 11.6 Å². The molecule has 0 bridgehead atoms. The highest BCUT2D eigenvalue weighted by Crippen LogP contribution is 2.19. The standard InChI is InChI=1S/C16H12Cl2N4O/c1-21(13-6-2-11(17)3-7-13)16(23)15-10-22(20-19-15)14-8-4-12(18)5-9-14/h2-10H,1H3. The topological polar surface area (TPSA) is 51.0 Å². The van der Waals surface area contributed by atoms with Gasteiger partial charge in [-0.2, -0.15) is 0 Å². The van der Waals surface area contributed by atoms with Crippen LogP contribution in [0.25, 0.3) is 5.69 Å². The maximum atomic E-state index is 12.5. The second kappa shape index (κ2) is 6.40. The van der Waals surface area contributed by atoms with Crippen LogP contribution in [-0.2, 0) is 0 Å². The zero-order chi connectivity index (χ0) is 16.4. The molecule has 3 rings (SSSR count). The van der Waals surface area contributed by atoms with E-state index in [9.17, 15) is 4.79 Å². The molecule has 7 heteroatoms. The quantitative estimate of drug-likeness (QED) is 0.723. The van der Waals surface area contributed by atoms with Crippen molar-refractivity contribution in [3.8, 4) is 5.69 Å². The highest BCUT2D eigenvalue weighted by Gasteiger charge is 2.17. The number of rotatable bonds is 3. The molecule has 1 amide bonds. The van der Waals surface area contributed by atoms with Crippen LogP contribution in [0.5, 0.6) is 0 Å². The van der Waals surface area contributed by atoms with Crippen molar-refractivity contribution in [1.29, 1.82) is 0 Å². The first-order valence-electron chi connectivity index (χ1n) is 6.76. The van der Waals surface area contributed by atoms with Gasteiger partial charge in [0.1, 0.15) is 0 Å². The zero-order valence-corrected chi connectivity index (χ0v) is 13.7. The molecule has 0 radical (unpaired) electrons. The molecule has 0 atom stereocenters. The lowest BCUT2D eigenvalue weighted by molar-refractivity contribution is 0.0988. The number of nitrogens with zero attached hydrogens (tertiary/aromatic N) is 4. The largest absolute Gasteiger partial charge is 0.310 e. The van der Waals surface area contributed by atoms with Crippen LogP contribution in [0, 0.1) is 0 Å². The number of carbonyl (C=O) groups excluding carboxylic acids is 1. The summed E-state index contributed by atoms with van der Waals surface area (Å²) in [5.74, 6) is -0.257. The monoisotopic (exact) mass is 346 g/mol. The molecule has 0 aliphatic carbocycles. The van der Waals surface area contributed by atoms with Crippen LogP contribution in [0.15, 0.2) is 54.7 Å². The van der Waals surface area contributed by atoms with Crippen LogP contribution < -0.4 is 4.90 Å². The number of hydrogen-bond donors (Lipinski definition) is 0. The first-order valence-corrected chi connectivity index (χ1v) is 7.52. The van der Waals surface area contributed by atoms with Crippen molar-refractivity contribution in [2.75, 3.05) is 11.9 Å². The summed E-state index contributed by atoms with van der Waals surface area (Å²) in [6.45, 7) is 0. The van der Waals surface area contributed by atoms with Crippen molar-refractivity contribution in [3.05, 3.63) is 70.5 Å². The molecule has 2 aromatic carbocycles. The smallest absolute Gasteiger partial charge is 0.280 e. The molecule has 0 N–H and O–H groups in total. The fraction of sp³-hybridized carbons (Fsp3) is 0.0625. The third-order valence-corrected chi connectivity index (χ3v) is 3.83. The number of benzene rings is 2. The highest BCUT2D eigenvalue weighted by molar-refractivity contribution is 6.30. The number of aromatic nitrogens is 3. The molecule has 0 aliphatic rings. The first kappa shape index (κ1) is 15.5. The van der Waals surface area contributed by atoms with Gasteiger partial charge in [0.05, 0.1) is 11.9 Å². The van der Waals surface area contributed by atoms with Crippen LogP contribution in [0.2, 0.25) is 10.0 Å². The molecular weight excluding hydrogens is 335 g/mol. The van der Waals surface area contributed by atoms with E-state index in [4.69, 9.17) is 23.2 Å². The summed E-state index contributed by atoms with van der Waals surface area (Å²) < 4.78 is 1.53. The minimum atomic E-state index is -0.257. The molecule has 0 spiro atoms. The Morgan fingerprint density at radius 2 is 1.57 bits per heavy atom. The number of amides is 1. The molecule has 3 aromatic rings. The van der Waals surface area contributed by atoms with E-state index in [2.05, 4.69) is 10.3 Å². The number of anilines is 1. The second-order valence-corrected chi connectivity index (χ2v) is 5.74. The van der Waals surface area contributed by atoms with E-state index in [0.29, 0.717) is 10.0 Å². The molecule has 23 heavy (non-hydrogen) atoms. The van der Waals surface area contributed by atoms with Crippen molar-refractivity contribution in [1.82, 2.24) is 15.0 Å². The predicted molar refractivity (Wildman–Crippen MR) is 90.6 cm³/mol.